The summed E-state index contributed by atoms with van der Waals surface area (Å²) in [6, 6.07) is 9.99. The summed E-state index contributed by atoms with van der Waals surface area (Å²) in [4.78, 5) is 29.4. The number of fused-ring (bicyclic) bond motifs is 1. The van der Waals surface area contributed by atoms with Crippen LogP contribution in [0.5, 0.6) is 0 Å². The van der Waals surface area contributed by atoms with Crippen LogP contribution in [0.2, 0.25) is 0 Å². The predicted molar refractivity (Wildman–Crippen MR) is 80.9 cm³/mol. The fourth-order valence-electron chi connectivity index (χ4n) is 1.88. The number of hydrogen-bond donors (Lipinski definition) is 2. The highest BCUT2D eigenvalue weighted by atomic mass is 16.2. The van der Waals surface area contributed by atoms with E-state index < -0.39 is 0 Å². The highest BCUT2D eigenvalue weighted by Crippen LogP contribution is 1.97. The van der Waals surface area contributed by atoms with Crippen LogP contribution in [0.25, 0.3) is 11.2 Å². The first kappa shape index (κ1) is 14.7. The third-order valence-electron chi connectivity index (χ3n) is 3.11. The molecule has 0 fully saturated rings. The Bertz CT molecular complexity index is 845. The standard InChI is InChI=1S/C7H8N4O2.C7H9N/c1-10-5-4(8-3-9-5)6(12)11(2)7(10)13;8-6-7-4-2-1-3-5-7/h3H,1-2H3,(H,8,9);1-5H,6,8H2. The normalized spacial score (nSPS) is 10.2. The number of imidazole rings is 1. The molecule has 7 nitrogen and oxygen atoms in total. The SMILES string of the molecule is Cn1c(=O)c2[nH]cnc2n(C)c1=O.NCc1ccccc1. The van der Waals surface area contributed by atoms with E-state index in [1.54, 1.807) is 7.05 Å². The quantitative estimate of drug-likeness (QED) is 0.663. The number of aromatic nitrogens is 4. The van der Waals surface area contributed by atoms with Crippen molar-refractivity contribution in [2.24, 2.45) is 19.8 Å². The number of H-pyrrole nitrogens is 1. The minimum absolute atomic E-state index is 0.351. The molecule has 0 saturated heterocycles. The highest BCUT2D eigenvalue weighted by Gasteiger charge is 2.08. The van der Waals surface area contributed by atoms with E-state index in [2.05, 4.69) is 9.97 Å². The van der Waals surface area contributed by atoms with Crippen LogP contribution in [0.15, 0.2) is 46.2 Å². The molecule has 2 aromatic heterocycles. The molecule has 0 bridgehead atoms. The zero-order chi connectivity index (χ0) is 15.4. The maximum atomic E-state index is 11.4. The van der Waals surface area contributed by atoms with Crippen molar-refractivity contribution < 1.29 is 0 Å². The third-order valence-corrected chi connectivity index (χ3v) is 3.11. The van der Waals surface area contributed by atoms with E-state index in [0.717, 1.165) is 4.57 Å². The molecule has 1 aromatic carbocycles. The summed E-state index contributed by atoms with van der Waals surface area (Å²) in [7, 11) is 3.01. The van der Waals surface area contributed by atoms with Crippen LogP contribution < -0.4 is 17.0 Å². The molecule has 0 saturated carbocycles. The molecule has 110 valence electrons. The fourth-order valence-corrected chi connectivity index (χ4v) is 1.88. The molecule has 3 rings (SSSR count). The lowest BCUT2D eigenvalue weighted by molar-refractivity contribution is 0.709. The Hall–Kier alpha value is -2.67. The van der Waals surface area contributed by atoms with Crippen molar-refractivity contribution in [1.29, 1.82) is 0 Å². The second-order valence-electron chi connectivity index (χ2n) is 4.50. The van der Waals surface area contributed by atoms with E-state index in [0.29, 0.717) is 17.7 Å². The number of aryl methyl sites for hydroxylation is 1. The molecule has 0 aliphatic rings. The molecule has 2 heterocycles. The van der Waals surface area contributed by atoms with E-state index >= 15 is 0 Å². The van der Waals surface area contributed by atoms with Gasteiger partial charge in [0.1, 0.15) is 5.52 Å². The predicted octanol–water partition coefficient (Wildman–Crippen LogP) is 0.106. The Kier molecular flexibility index (Phi) is 4.34. The van der Waals surface area contributed by atoms with Gasteiger partial charge in [-0.25, -0.2) is 9.78 Å². The van der Waals surface area contributed by atoms with E-state index in [-0.39, 0.29) is 11.2 Å². The van der Waals surface area contributed by atoms with Gasteiger partial charge in [-0.2, -0.15) is 0 Å². The first-order chi connectivity index (χ1) is 10.1. The van der Waals surface area contributed by atoms with Gasteiger partial charge in [0, 0.05) is 20.6 Å². The van der Waals surface area contributed by atoms with Gasteiger partial charge in [-0.15, -0.1) is 0 Å². The van der Waals surface area contributed by atoms with E-state index in [4.69, 9.17) is 5.73 Å². The van der Waals surface area contributed by atoms with E-state index in [1.807, 2.05) is 30.3 Å². The summed E-state index contributed by atoms with van der Waals surface area (Å²) < 4.78 is 2.37. The maximum absolute atomic E-state index is 11.4. The topological polar surface area (TPSA) is 98.7 Å². The summed E-state index contributed by atoms with van der Waals surface area (Å²) in [5.74, 6) is 0. The van der Waals surface area contributed by atoms with Crippen LogP contribution >= 0.6 is 0 Å². The summed E-state index contributed by atoms with van der Waals surface area (Å²) in [6.45, 7) is 0.640. The van der Waals surface area contributed by atoms with Gasteiger partial charge in [-0.1, -0.05) is 30.3 Å². The number of rotatable bonds is 1. The lowest BCUT2D eigenvalue weighted by Gasteiger charge is -2.00. The van der Waals surface area contributed by atoms with Gasteiger partial charge in [-0.3, -0.25) is 13.9 Å². The van der Waals surface area contributed by atoms with Crippen molar-refractivity contribution in [2.45, 2.75) is 6.54 Å². The van der Waals surface area contributed by atoms with Gasteiger partial charge >= 0.3 is 5.69 Å². The lowest BCUT2D eigenvalue weighted by atomic mass is 10.2. The van der Waals surface area contributed by atoms with Crippen molar-refractivity contribution in [2.75, 3.05) is 0 Å². The van der Waals surface area contributed by atoms with Gasteiger partial charge < -0.3 is 10.7 Å². The summed E-state index contributed by atoms with van der Waals surface area (Å²) >= 11 is 0. The molecule has 0 atom stereocenters. The molecule has 0 amide bonds. The van der Waals surface area contributed by atoms with Crippen molar-refractivity contribution in [3.63, 3.8) is 0 Å². The Morgan fingerprint density at radius 1 is 1.14 bits per heavy atom. The Balaban J connectivity index is 0.000000173. The van der Waals surface area contributed by atoms with Crippen LogP contribution in [0.1, 0.15) is 5.56 Å². The minimum Gasteiger partial charge on any atom is -0.339 e. The number of nitrogens with zero attached hydrogens (tertiary/aromatic N) is 3. The van der Waals surface area contributed by atoms with Crippen LogP contribution in [-0.4, -0.2) is 19.1 Å². The second kappa shape index (κ2) is 6.19. The van der Waals surface area contributed by atoms with Crippen LogP contribution in [0.4, 0.5) is 0 Å². The number of benzene rings is 1. The Labute approximate surface area is 120 Å². The average Bonchev–Trinajstić information content (AvgIpc) is 3.02. The average molecular weight is 287 g/mol. The molecule has 7 heteroatoms. The molecule has 0 aliphatic carbocycles. The lowest BCUT2D eigenvalue weighted by Crippen LogP contribution is -2.36. The maximum Gasteiger partial charge on any atom is 0.332 e. The summed E-state index contributed by atoms with van der Waals surface area (Å²) in [5.41, 5.74) is 6.55. The third kappa shape index (κ3) is 2.92. The molecule has 0 radical (unpaired) electrons. The van der Waals surface area contributed by atoms with Gasteiger partial charge in [0.2, 0.25) is 0 Å². The summed E-state index contributed by atoms with van der Waals surface area (Å²) in [5, 5.41) is 0. The molecular weight excluding hydrogens is 270 g/mol. The Morgan fingerprint density at radius 3 is 2.38 bits per heavy atom. The summed E-state index contributed by atoms with van der Waals surface area (Å²) in [6.07, 6.45) is 1.39. The number of nitrogens with two attached hydrogens (primary N) is 1. The van der Waals surface area contributed by atoms with E-state index in [1.165, 1.54) is 23.5 Å². The van der Waals surface area contributed by atoms with Crippen molar-refractivity contribution >= 4 is 11.2 Å². The molecule has 0 spiro atoms. The molecule has 3 N–H and O–H groups in total. The van der Waals surface area contributed by atoms with Gasteiger partial charge in [0.05, 0.1) is 6.33 Å². The monoisotopic (exact) mass is 287 g/mol. The molecule has 0 unspecified atom stereocenters. The largest absolute Gasteiger partial charge is 0.339 e. The van der Waals surface area contributed by atoms with Crippen molar-refractivity contribution in [3.8, 4) is 0 Å². The molecular formula is C14H17N5O2. The molecule has 3 aromatic rings. The number of nitrogens with one attached hydrogen (secondary N) is 1. The van der Waals surface area contributed by atoms with E-state index in [9.17, 15) is 9.59 Å². The fraction of sp³-hybridized carbons (Fsp3) is 0.214. The zero-order valence-corrected chi connectivity index (χ0v) is 11.9. The molecule has 0 aliphatic heterocycles. The number of hydrogen-bond acceptors (Lipinski definition) is 4. The molecule has 21 heavy (non-hydrogen) atoms. The highest BCUT2D eigenvalue weighted by molar-refractivity contribution is 5.68. The van der Waals surface area contributed by atoms with Crippen LogP contribution in [0.3, 0.4) is 0 Å². The van der Waals surface area contributed by atoms with Gasteiger partial charge in [0.25, 0.3) is 5.56 Å². The first-order valence-corrected chi connectivity index (χ1v) is 6.39. The minimum atomic E-state index is -0.371. The van der Waals surface area contributed by atoms with Crippen molar-refractivity contribution in [1.82, 2.24) is 19.1 Å². The van der Waals surface area contributed by atoms with Crippen LogP contribution in [-0.2, 0) is 20.6 Å². The smallest absolute Gasteiger partial charge is 0.332 e. The first-order valence-electron chi connectivity index (χ1n) is 6.39. The second-order valence-corrected chi connectivity index (χ2v) is 4.50. The zero-order valence-electron chi connectivity index (χ0n) is 11.9. The van der Waals surface area contributed by atoms with Gasteiger partial charge in [0.15, 0.2) is 5.65 Å². The van der Waals surface area contributed by atoms with Gasteiger partial charge in [-0.05, 0) is 5.56 Å². The number of aromatic amines is 1. The van der Waals surface area contributed by atoms with Crippen LogP contribution in [0, 0.1) is 0 Å². The Morgan fingerprint density at radius 2 is 1.81 bits per heavy atom. The van der Waals surface area contributed by atoms with Crippen molar-refractivity contribution in [3.05, 3.63) is 63.1 Å².